The van der Waals surface area contributed by atoms with Crippen molar-refractivity contribution in [1.29, 1.82) is 5.41 Å². The first kappa shape index (κ1) is 31.3. The van der Waals surface area contributed by atoms with Gasteiger partial charge in [-0.05, 0) is 76.4 Å². The third-order valence-electron chi connectivity index (χ3n) is 5.94. The van der Waals surface area contributed by atoms with Gasteiger partial charge < -0.3 is 16.5 Å². The zero-order valence-electron chi connectivity index (χ0n) is 22.7. The van der Waals surface area contributed by atoms with Crippen LogP contribution >= 0.6 is 23.5 Å². The highest BCUT2D eigenvalue weighted by atomic mass is 32.2. The number of benzene rings is 4. The molecule has 4 aromatic rings. The minimum absolute atomic E-state index is 0.890. The summed E-state index contributed by atoms with van der Waals surface area (Å²) >= 11 is 3.57. The van der Waals surface area contributed by atoms with Crippen molar-refractivity contribution in [3.63, 3.8) is 0 Å². The van der Waals surface area contributed by atoms with Gasteiger partial charge in [-0.1, -0.05) is 86.3 Å². The average molecular weight is 547 g/mol. The lowest BCUT2D eigenvalue weighted by atomic mass is 10.1. The van der Waals surface area contributed by atoms with E-state index in [9.17, 15) is 0 Å². The smallest absolute Gasteiger partial charge is 0.0860 e. The number of nitrogens with one attached hydrogen (secondary N) is 2. The van der Waals surface area contributed by atoms with Gasteiger partial charge in [-0.25, -0.2) is 4.99 Å². The molecule has 4 nitrogen and oxygen atoms in total. The molecular formula is C32H42N4S2. The molecule has 0 saturated carbocycles. The highest BCUT2D eigenvalue weighted by Crippen LogP contribution is 2.20. The highest BCUT2D eigenvalue weighted by Gasteiger charge is 1.93. The van der Waals surface area contributed by atoms with Crippen molar-refractivity contribution in [3.05, 3.63) is 84.9 Å². The predicted octanol–water partition coefficient (Wildman–Crippen LogP) is 9.37. The summed E-state index contributed by atoms with van der Waals surface area (Å²) in [6, 6.07) is 28.9. The maximum atomic E-state index is 6.83. The fraction of sp³-hybridized carbons (Fsp3) is 0.312. The van der Waals surface area contributed by atoms with Gasteiger partial charge in [-0.3, -0.25) is 0 Å². The van der Waals surface area contributed by atoms with Crippen LogP contribution in [0.3, 0.4) is 0 Å². The molecule has 0 aliphatic heterocycles. The Balaban J connectivity index is 0.000000200. The molecule has 4 rings (SSSR count). The van der Waals surface area contributed by atoms with E-state index in [1.54, 1.807) is 11.8 Å². The Labute approximate surface area is 237 Å². The first-order valence-electron chi connectivity index (χ1n) is 13.2. The van der Waals surface area contributed by atoms with Crippen LogP contribution in [0.15, 0.2) is 89.9 Å². The summed E-state index contributed by atoms with van der Waals surface area (Å²) in [5.74, 6) is 2.46. The summed E-state index contributed by atoms with van der Waals surface area (Å²) in [4.78, 5) is 4.01. The number of aliphatic imine (C=N–C) groups is 1. The van der Waals surface area contributed by atoms with Gasteiger partial charge in [0.2, 0.25) is 0 Å². The van der Waals surface area contributed by atoms with E-state index in [0.717, 1.165) is 17.1 Å². The zero-order valence-corrected chi connectivity index (χ0v) is 24.4. The van der Waals surface area contributed by atoms with Crippen LogP contribution in [0, 0.1) is 5.41 Å². The second-order valence-corrected chi connectivity index (χ2v) is 10.7. The normalized spacial score (nSPS) is 10.5. The first-order chi connectivity index (χ1) is 18.7. The fourth-order valence-corrected chi connectivity index (χ4v) is 4.87. The Kier molecular flexibility index (Phi) is 16.5. The molecule has 0 aromatic heterocycles. The van der Waals surface area contributed by atoms with Crippen molar-refractivity contribution in [2.75, 3.05) is 30.1 Å². The Morgan fingerprint density at radius 1 is 0.737 bits per heavy atom. The molecule has 202 valence electrons. The minimum Gasteiger partial charge on any atom is -0.390 e. The van der Waals surface area contributed by atoms with Gasteiger partial charge in [0.1, 0.15) is 0 Å². The monoisotopic (exact) mass is 546 g/mol. The van der Waals surface area contributed by atoms with Gasteiger partial charge >= 0.3 is 0 Å². The lowest BCUT2D eigenvalue weighted by Crippen LogP contribution is -1.86. The van der Waals surface area contributed by atoms with E-state index in [0.29, 0.717) is 0 Å². The number of hydrogen-bond donors (Lipinski definition) is 3. The molecule has 4 N–H and O–H groups in total. The first-order valence-corrected chi connectivity index (χ1v) is 15.6. The van der Waals surface area contributed by atoms with Crippen molar-refractivity contribution >= 4 is 68.3 Å². The minimum atomic E-state index is 0.890. The predicted molar refractivity (Wildman–Crippen MR) is 177 cm³/mol. The van der Waals surface area contributed by atoms with Crippen LogP contribution in [0.1, 0.15) is 38.5 Å². The number of thioether (sulfide) groups is 2. The van der Waals surface area contributed by atoms with E-state index in [1.165, 1.54) is 77.7 Å². The Bertz CT molecular complexity index is 1230. The quantitative estimate of drug-likeness (QED) is 0.0940. The number of nitrogens with two attached hydrogens (primary N) is 1. The lowest BCUT2D eigenvalue weighted by molar-refractivity contribution is 0.629. The molecule has 0 unspecified atom stereocenters. The molecule has 0 aliphatic rings. The van der Waals surface area contributed by atoms with Gasteiger partial charge in [0.05, 0.1) is 17.6 Å². The Morgan fingerprint density at radius 3 is 1.87 bits per heavy atom. The molecule has 0 fully saturated rings. The van der Waals surface area contributed by atoms with Crippen molar-refractivity contribution in [3.8, 4) is 0 Å². The van der Waals surface area contributed by atoms with Crippen molar-refractivity contribution in [2.24, 2.45) is 10.7 Å². The van der Waals surface area contributed by atoms with Crippen molar-refractivity contribution in [1.82, 2.24) is 0 Å². The number of fused-ring (bicyclic) bond motifs is 2. The molecule has 4 aromatic carbocycles. The number of anilines is 1. The van der Waals surface area contributed by atoms with Gasteiger partial charge in [0.15, 0.2) is 0 Å². The zero-order chi connectivity index (χ0) is 27.3. The molecule has 0 saturated heterocycles. The summed E-state index contributed by atoms with van der Waals surface area (Å²) in [5.41, 5.74) is 8.71. The van der Waals surface area contributed by atoms with E-state index < -0.39 is 0 Å². The molecule has 38 heavy (non-hydrogen) atoms. The molecule has 0 aliphatic carbocycles. The molecule has 0 heterocycles. The molecule has 0 bridgehead atoms. The third kappa shape index (κ3) is 12.5. The SMILES string of the molecule is CNc1ccc2ccccc2c1.CSCCCCCCCCSC=N.NC=Nc1ccc2ccccc2c1. The van der Waals surface area contributed by atoms with Crippen LogP contribution in [0.4, 0.5) is 11.4 Å². The van der Waals surface area contributed by atoms with Crippen LogP contribution in [-0.2, 0) is 0 Å². The van der Waals surface area contributed by atoms with Gasteiger partial charge in [-0.15, -0.1) is 11.8 Å². The van der Waals surface area contributed by atoms with Crippen molar-refractivity contribution < 1.29 is 0 Å². The molecule has 6 heteroatoms. The van der Waals surface area contributed by atoms with Crippen LogP contribution in [0.2, 0.25) is 0 Å². The molecular weight excluding hydrogens is 505 g/mol. The Hall–Kier alpha value is -2.96. The summed E-state index contributed by atoms with van der Waals surface area (Å²) in [7, 11) is 1.93. The topological polar surface area (TPSA) is 74.3 Å². The second-order valence-electron chi connectivity index (χ2n) is 8.72. The summed E-state index contributed by atoms with van der Waals surface area (Å²) in [6.45, 7) is 0. The number of nitrogens with zero attached hydrogens (tertiary/aromatic N) is 1. The van der Waals surface area contributed by atoms with E-state index >= 15 is 0 Å². The number of rotatable bonds is 12. The van der Waals surface area contributed by atoms with Gasteiger partial charge in [-0.2, -0.15) is 11.8 Å². The van der Waals surface area contributed by atoms with Crippen LogP contribution < -0.4 is 11.1 Å². The van der Waals surface area contributed by atoms with E-state index in [2.05, 4.69) is 71.2 Å². The second kappa shape index (κ2) is 20.1. The summed E-state index contributed by atoms with van der Waals surface area (Å²) in [5, 5.41) is 14.9. The number of unbranched alkanes of at least 4 members (excludes halogenated alkanes) is 5. The van der Waals surface area contributed by atoms with E-state index in [4.69, 9.17) is 11.1 Å². The van der Waals surface area contributed by atoms with Crippen LogP contribution in [-0.4, -0.2) is 36.7 Å². The molecule has 0 radical (unpaired) electrons. The molecule has 0 atom stereocenters. The maximum absolute atomic E-state index is 6.83. The average Bonchev–Trinajstić information content (AvgIpc) is 2.97. The fourth-order valence-electron chi connectivity index (χ4n) is 3.89. The standard InChI is InChI=1S/C11H10N2.C11H11N.C10H21NS2/c12-8-13-11-6-5-9-3-1-2-4-10(9)7-11;1-12-11-7-6-9-4-2-3-5-10(9)8-11;1-12-8-6-4-2-3-5-7-9-13-10-11/h1-8H,(H2,12,13);2-8,12H,1H3;10-11H,2-9H2,1H3. The van der Waals surface area contributed by atoms with Crippen LogP contribution in [0.25, 0.3) is 21.5 Å². The Morgan fingerprint density at radius 2 is 1.29 bits per heavy atom. The molecule has 0 amide bonds. The van der Waals surface area contributed by atoms with Gasteiger partial charge in [0.25, 0.3) is 0 Å². The van der Waals surface area contributed by atoms with Crippen LogP contribution in [0.5, 0.6) is 0 Å². The van der Waals surface area contributed by atoms with E-state index in [1.807, 2.05) is 49.1 Å². The third-order valence-corrected chi connectivity index (χ3v) is 7.33. The number of hydrogen-bond acceptors (Lipinski definition) is 5. The summed E-state index contributed by atoms with van der Waals surface area (Å²) in [6.07, 6.45) is 11.7. The highest BCUT2D eigenvalue weighted by molar-refractivity contribution is 8.11. The summed E-state index contributed by atoms with van der Waals surface area (Å²) < 4.78 is 0. The largest absolute Gasteiger partial charge is 0.390 e. The van der Waals surface area contributed by atoms with Gasteiger partial charge in [0, 0.05) is 12.7 Å². The van der Waals surface area contributed by atoms with E-state index in [-0.39, 0.29) is 0 Å². The lowest BCUT2D eigenvalue weighted by Gasteiger charge is -2.01. The maximum Gasteiger partial charge on any atom is 0.0860 e. The van der Waals surface area contributed by atoms with Crippen molar-refractivity contribution in [2.45, 2.75) is 38.5 Å². The molecule has 0 spiro atoms.